The number of hydrogen-bond acceptors (Lipinski definition) is 9. The van der Waals surface area contributed by atoms with Crippen LogP contribution in [0, 0.1) is 12.7 Å². The largest absolute Gasteiger partial charge is 0.496 e. The van der Waals surface area contributed by atoms with Gasteiger partial charge in [0.2, 0.25) is 5.91 Å². The molecule has 1 N–H and O–H groups in total. The maximum absolute atomic E-state index is 14.8. The van der Waals surface area contributed by atoms with E-state index in [1.54, 1.807) is 20.8 Å². The highest BCUT2D eigenvalue weighted by molar-refractivity contribution is 7.21. The predicted molar refractivity (Wildman–Crippen MR) is 175 cm³/mol. The van der Waals surface area contributed by atoms with Crippen LogP contribution in [0.5, 0.6) is 5.75 Å². The van der Waals surface area contributed by atoms with E-state index in [4.69, 9.17) is 14.2 Å². The number of thiophene rings is 1. The first-order chi connectivity index (χ1) is 22.6. The van der Waals surface area contributed by atoms with E-state index in [9.17, 15) is 18.8 Å². The van der Waals surface area contributed by atoms with Gasteiger partial charge >= 0.3 is 5.69 Å². The van der Waals surface area contributed by atoms with E-state index < -0.39 is 34.6 Å². The van der Waals surface area contributed by atoms with Crippen molar-refractivity contribution in [1.82, 2.24) is 29.4 Å². The molecule has 14 heteroatoms. The highest BCUT2D eigenvalue weighted by Crippen LogP contribution is 2.35. The van der Waals surface area contributed by atoms with Crippen molar-refractivity contribution in [2.75, 3.05) is 20.3 Å². The van der Waals surface area contributed by atoms with Crippen molar-refractivity contribution in [2.24, 2.45) is 0 Å². The first-order valence-electron chi connectivity index (χ1n) is 16.1. The number of methoxy groups -OCH3 is 1. The lowest BCUT2D eigenvalue weighted by molar-refractivity contribution is -0.129. The smallest absolute Gasteiger partial charge is 0.333 e. The molecule has 1 atom stereocenters. The number of carbonyl (C=O) groups is 1. The number of aromatic nitrogens is 5. The highest BCUT2D eigenvalue weighted by Gasteiger charge is 2.37. The summed E-state index contributed by atoms with van der Waals surface area (Å²) in [5.74, 6) is -0.487. The fourth-order valence-electron chi connectivity index (χ4n) is 6.59. The number of benzene rings is 1. The number of ether oxygens (including phenoxy) is 3. The van der Waals surface area contributed by atoms with Gasteiger partial charge in [0.1, 0.15) is 33.0 Å². The fourth-order valence-corrected chi connectivity index (χ4v) is 7.81. The minimum Gasteiger partial charge on any atom is -0.496 e. The molecule has 3 aromatic heterocycles. The molecule has 2 fully saturated rings. The number of rotatable bonds is 10. The van der Waals surface area contributed by atoms with Gasteiger partial charge in [-0.1, -0.05) is 30.6 Å². The Kier molecular flexibility index (Phi) is 9.62. The van der Waals surface area contributed by atoms with Crippen LogP contribution in [0.15, 0.2) is 40.2 Å². The van der Waals surface area contributed by atoms with Gasteiger partial charge in [0.05, 0.1) is 37.5 Å². The molecular formula is C33H41FN6O6S. The molecule has 1 amide bonds. The molecule has 1 saturated carbocycles. The normalized spacial score (nSPS) is 17.2. The van der Waals surface area contributed by atoms with Crippen LogP contribution < -0.4 is 21.3 Å². The number of nitrogens with zero attached hydrogens (tertiary/aromatic N) is 5. The first kappa shape index (κ1) is 33.0. The van der Waals surface area contributed by atoms with Gasteiger partial charge < -0.3 is 19.5 Å². The van der Waals surface area contributed by atoms with Crippen LogP contribution >= 0.6 is 11.3 Å². The lowest BCUT2D eigenvalue weighted by atomic mass is 9.94. The van der Waals surface area contributed by atoms with Gasteiger partial charge in [-0.2, -0.15) is 10.2 Å². The number of hydrogen-bond donors (Lipinski definition) is 1. The van der Waals surface area contributed by atoms with Crippen molar-refractivity contribution in [3.05, 3.63) is 68.4 Å². The molecule has 1 aliphatic heterocycles. The molecule has 0 bridgehead atoms. The standard InChI is InChI=1S/C33H41FN6O6S/c1-20-27-28(41)39(33(2,3)31(42)37-22-8-6-5-7-9-22)32(43)38(30(27)47-29(20)40-35-14-15-36-40)19-26(46-23-12-16-45-17-13-23)24-18-21(34)10-11-25(24)44-4/h10-11,14-15,18,22-23,26H,5-9,12-13,16-17,19H2,1-4H3,(H,37,42). The number of amides is 1. The van der Waals surface area contributed by atoms with Crippen LogP contribution in [0.25, 0.3) is 15.2 Å². The van der Waals surface area contributed by atoms with E-state index in [0.717, 1.165) is 36.7 Å². The van der Waals surface area contributed by atoms with E-state index in [-0.39, 0.29) is 24.1 Å². The van der Waals surface area contributed by atoms with Crippen LogP contribution in [0.3, 0.4) is 0 Å². The second-order valence-electron chi connectivity index (χ2n) is 12.8. The van der Waals surface area contributed by atoms with Crippen LogP contribution in [0.1, 0.15) is 76.0 Å². The number of halogens is 1. The third-order valence-electron chi connectivity index (χ3n) is 9.25. The lowest BCUT2D eigenvalue weighted by Gasteiger charge is -2.32. The maximum atomic E-state index is 14.8. The second-order valence-corrected chi connectivity index (χ2v) is 13.7. The third-order valence-corrected chi connectivity index (χ3v) is 10.5. The van der Waals surface area contributed by atoms with Gasteiger partial charge in [0, 0.05) is 30.4 Å². The molecule has 1 unspecified atom stereocenters. The summed E-state index contributed by atoms with van der Waals surface area (Å²) in [5, 5.41) is 12.5. The molecule has 0 radical (unpaired) electrons. The van der Waals surface area contributed by atoms with Gasteiger partial charge in [-0.15, -0.1) is 4.80 Å². The Hall–Kier alpha value is -3.88. The summed E-state index contributed by atoms with van der Waals surface area (Å²) in [6, 6.07) is 4.16. The SMILES string of the molecule is COc1ccc(F)cc1C(Cn1c(=O)n(C(C)(C)C(=O)NC2CCCCC2)c(=O)c2c(C)c(-n3nccn3)sc21)OC1CCOCC1. The Morgan fingerprint density at radius 3 is 2.51 bits per heavy atom. The molecular weight excluding hydrogens is 627 g/mol. The molecule has 47 heavy (non-hydrogen) atoms. The van der Waals surface area contributed by atoms with Crippen molar-refractivity contribution in [1.29, 1.82) is 0 Å². The van der Waals surface area contributed by atoms with Crippen molar-refractivity contribution in [3.63, 3.8) is 0 Å². The summed E-state index contributed by atoms with van der Waals surface area (Å²) >= 11 is 1.20. The van der Waals surface area contributed by atoms with Crippen LogP contribution in [0.2, 0.25) is 0 Å². The number of aryl methyl sites for hydroxylation is 1. The van der Waals surface area contributed by atoms with Crippen molar-refractivity contribution < 1.29 is 23.4 Å². The zero-order chi connectivity index (χ0) is 33.3. The molecule has 0 spiro atoms. The van der Waals surface area contributed by atoms with E-state index in [0.29, 0.717) is 52.8 Å². The zero-order valence-electron chi connectivity index (χ0n) is 27.2. The van der Waals surface area contributed by atoms with Gasteiger partial charge in [0.25, 0.3) is 5.56 Å². The lowest BCUT2D eigenvalue weighted by Crippen LogP contribution is -2.57. The van der Waals surface area contributed by atoms with Crippen molar-refractivity contribution in [2.45, 2.75) is 96.1 Å². The molecule has 12 nitrogen and oxygen atoms in total. The quantitative estimate of drug-likeness (QED) is 0.264. The highest BCUT2D eigenvalue weighted by atomic mass is 32.1. The Bertz CT molecular complexity index is 1850. The molecule has 1 saturated heterocycles. The third kappa shape index (κ3) is 6.50. The van der Waals surface area contributed by atoms with Crippen molar-refractivity contribution >= 4 is 27.5 Å². The molecule has 1 aliphatic carbocycles. The van der Waals surface area contributed by atoms with E-state index in [2.05, 4.69) is 15.5 Å². The first-order valence-corrected chi connectivity index (χ1v) is 17.0. The zero-order valence-corrected chi connectivity index (χ0v) is 28.0. The monoisotopic (exact) mass is 668 g/mol. The van der Waals surface area contributed by atoms with Crippen LogP contribution in [-0.2, 0) is 26.4 Å². The summed E-state index contributed by atoms with van der Waals surface area (Å²) in [7, 11) is 1.49. The summed E-state index contributed by atoms with van der Waals surface area (Å²) in [4.78, 5) is 44.7. The number of fused-ring (bicyclic) bond motifs is 1. The fraction of sp³-hybridized carbons (Fsp3) is 0.545. The Morgan fingerprint density at radius 1 is 1.13 bits per heavy atom. The molecule has 252 valence electrons. The van der Waals surface area contributed by atoms with E-state index in [1.807, 2.05) is 0 Å². The summed E-state index contributed by atoms with van der Waals surface area (Å²) < 4.78 is 35.0. The van der Waals surface area contributed by atoms with Crippen LogP contribution in [-0.4, -0.2) is 62.5 Å². The molecule has 2 aliphatic rings. The van der Waals surface area contributed by atoms with E-state index >= 15 is 0 Å². The second kappa shape index (κ2) is 13.7. The van der Waals surface area contributed by atoms with E-state index in [1.165, 1.54) is 58.4 Å². The van der Waals surface area contributed by atoms with Gasteiger partial charge in [-0.25, -0.2) is 13.8 Å². The molecule has 1 aromatic carbocycles. The molecule has 4 heterocycles. The predicted octanol–water partition coefficient (Wildman–Crippen LogP) is 4.38. The average molecular weight is 669 g/mol. The summed E-state index contributed by atoms with van der Waals surface area (Å²) in [6.07, 6.45) is 8.10. The average Bonchev–Trinajstić information content (AvgIpc) is 3.71. The minimum absolute atomic E-state index is 0.0183. The summed E-state index contributed by atoms with van der Waals surface area (Å²) in [6.45, 7) is 5.90. The van der Waals surface area contributed by atoms with Gasteiger partial charge in [0.15, 0.2) is 0 Å². The van der Waals surface area contributed by atoms with Gasteiger partial charge in [-0.3, -0.25) is 14.2 Å². The Morgan fingerprint density at radius 2 is 1.83 bits per heavy atom. The molecule has 4 aromatic rings. The summed E-state index contributed by atoms with van der Waals surface area (Å²) in [5.41, 5.74) is -1.80. The van der Waals surface area contributed by atoms with Crippen molar-refractivity contribution in [3.8, 4) is 10.8 Å². The maximum Gasteiger partial charge on any atom is 0.333 e. The molecule has 6 rings (SSSR count). The number of nitrogens with one attached hydrogen (secondary N) is 1. The van der Waals surface area contributed by atoms with Gasteiger partial charge in [-0.05, 0) is 64.7 Å². The van der Waals surface area contributed by atoms with Crippen LogP contribution in [0.4, 0.5) is 4.39 Å². The Balaban J connectivity index is 1.53. The number of carbonyl (C=O) groups excluding carboxylic acids is 1. The topological polar surface area (TPSA) is 132 Å². The Labute approximate surface area is 275 Å². The minimum atomic E-state index is -1.53.